The van der Waals surface area contributed by atoms with Gasteiger partial charge in [0.2, 0.25) is 17.6 Å². The largest absolute Gasteiger partial charge is 0.451 e. The minimum atomic E-state index is -1.02. The number of rotatable bonds is 6. The number of ketones is 1. The van der Waals surface area contributed by atoms with Crippen molar-refractivity contribution in [1.82, 2.24) is 4.98 Å². The molecule has 8 heteroatoms. The van der Waals surface area contributed by atoms with Crippen LogP contribution in [0.25, 0.3) is 22.2 Å². The maximum absolute atomic E-state index is 13.5. The molecule has 1 aliphatic heterocycles. The predicted octanol–water partition coefficient (Wildman–Crippen LogP) is 6.60. The van der Waals surface area contributed by atoms with Crippen LogP contribution in [-0.4, -0.2) is 34.7 Å². The maximum atomic E-state index is 13.5. The first-order chi connectivity index (χ1) is 20.7. The van der Waals surface area contributed by atoms with E-state index in [0.29, 0.717) is 38.4 Å². The second kappa shape index (κ2) is 10.3. The second-order valence-corrected chi connectivity index (χ2v) is 12.0. The highest BCUT2D eigenvalue weighted by Crippen LogP contribution is 2.53. The van der Waals surface area contributed by atoms with Crippen molar-refractivity contribution in [2.24, 2.45) is 23.7 Å². The number of imide groups is 1. The summed E-state index contributed by atoms with van der Waals surface area (Å²) >= 11 is 5.94. The molecule has 2 fully saturated rings. The van der Waals surface area contributed by atoms with Gasteiger partial charge in [0.1, 0.15) is 0 Å². The molecular weight excluding hydrogens is 564 g/mol. The number of allylic oxidation sites excluding steroid dienone is 2. The number of anilines is 1. The number of aryl methyl sites for hydroxylation is 1. The minimum absolute atomic E-state index is 0.133. The Kier molecular flexibility index (Phi) is 6.51. The number of ether oxygens (including phenoxy) is 1. The Bertz CT molecular complexity index is 1830. The lowest BCUT2D eigenvalue weighted by Crippen LogP contribution is -2.32. The van der Waals surface area contributed by atoms with Crippen LogP contribution in [0.5, 0.6) is 0 Å². The van der Waals surface area contributed by atoms with Gasteiger partial charge in [-0.3, -0.25) is 19.3 Å². The van der Waals surface area contributed by atoms with Gasteiger partial charge in [0, 0.05) is 21.5 Å². The van der Waals surface area contributed by atoms with E-state index in [1.807, 2.05) is 25.1 Å². The molecule has 0 N–H and O–H groups in total. The monoisotopic (exact) mass is 590 g/mol. The molecule has 7 nitrogen and oxygen atoms in total. The lowest BCUT2D eigenvalue weighted by atomic mass is 9.85. The third kappa shape index (κ3) is 4.55. The van der Waals surface area contributed by atoms with Gasteiger partial charge in [0.25, 0.3) is 0 Å². The molecule has 0 radical (unpaired) electrons. The molecule has 2 heterocycles. The van der Waals surface area contributed by atoms with E-state index in [4.69, 9.17) is 21.3 Å². The van der Waals surface area contributed by atoms with Crippen LogP contribution in [-0.2, 0) is 14.3 Å². The number of carbonyl (C=O) groups is 4. The van der Waals surface area contributed by atoms with Crippen LogP contribution in [0, 0.1) is 30.6 Å². The van der Waals surface area contributed by atoms with Gasteiger partial charge in [-0.1, -0.05) is 47.5 Å². The molecule has 3 aliphatic rings. The fourth-order valence-electron chi connectivity index (χ4n) is 6.72. The summed E-state index contributed by atoms with van der Waals surface area (Å²) in [7, 11) is 0. The smallest absolute Gasteiger partial charge is 0.339 e. The SMILES string of the molecule is Cc1ccc2nc(-c3ccc(N4C(=O)[C@@H]5[C@@H](C4=O)[C@H]4C=C[C@H]5C4)cc3)cc(C(=O)O[C@@H](C)C(=O)c3ccc(Cl)cc3)c2c1. The van der Waals surface area contributed by atoms with Gasteiger partial charge in [0.15, 0.2) is 6.10 Å². The van der Waals surface area contributed by atoms with Crippen molar-refractivity contribution >= 4 is 51.8 Å². The number of hydrogen-bond acceptors (Lipinski definition) is 6. The van der Waals surface area contributed by atoms with Crippen molar-refractivity contribution in [2.45, 2.75) is 26.4 Å². The number of pyridine rings is 1. The number of halogens is 1. The molecule has 43 heavy (non-hydrogen) atoms. The zero-order chi connectivity index (χ0) is 30.0. The number of nitrogens with zero attached hydrogens (tertiary/aromatic N) is 2. The Morgan fingerprint density at radius 1 is 0.907 bits per heavy atom. The average Bonchev–Trinajstić information content (AvgIpc) is 3.70. The third-order valence-corrected chi connectivity index (χ3v) is 9.11. The zero-order valence-corrected chi connectivity index (χ0v) is 24.2. The molecule has 1 saturated carbocycles. The number of carbonyl (C=O) groups excluding carboxylic acids is 4. The molecule has 2 aliphatic carbocycles. The second-order valence-electron chi connectivity index (χ2n) is 11.6. The van der Waals surface area contributed by atoms with Crippen LogP contribution in [0.15, 0.2) is 84.9 Å². The fourth-order valence-corrected chi connectivity index (χ4v) is 6.85. The Hall–Kier alpha value is -4.62. The van der Waals surface area contributed by atoms with Gasteiger partial charge >= 0.3 is 5.97 Å². The lowest BCUT2D eigenvalue weighted by molar-refractivity contribution is -0.123. The number of amides is 2. The molecule has 5 atom stereocenters. The first-order valence-corrected chi connectivity index (χ1v) is 14.7. The molecular formula is C35H27ClN2O5. The van der Waals surface area contributed by atoms with Gasteiger partial charge in [-0.05, 0) is 86.7 Å². The first kappa shape index (κ1) is 27.2. The molecule has 1 saturated heterocycles. The van der Waals surface area contributed by atoms with E-state index in [9.17, 15) is 19.2 Å². The number of hydrogen-bond donors (Lipinski definition) is 0. The summed E-state index contributed by atoms with van der Waals surface area (Å²) in [6, 6.07) is 20.8. The molecule has 7 rings (SSSR count). The number of esters is 1. The van der Waals surface area contributed by atoms with E-state index in [0.717, 1.165) is 12.0 Å². The van der Waals surface area contributed by atoms with Crippen LogP contribution in [0.1, 0.15) is 39.6 Å². The van der Waals surface area contributed by atoms with E-state index in [1.54, 1.807) is 61.5 Å². The molecule has 1 aromatic heterocycles. The van der Waals surface area contributed by atoms with Crippen LogP contribution in [0.3, 0.4) is 0 Å². The van der Waals surface area contributed by atoms with E-state index < -0.39 is 12.1 Å². The maximum Gasteiger partial charge on any atom is 0.339 e. The highest BCUT2D eigenvalue weighted by molar-refractivity contribution is 6.30. The normalized spacial score (nSPS) is 22.7. The fraction of sp³-hybridized carbons (Fsp3) is 0.229. The predicted molar refractivity (Wildman–Crippen MR) is 163 cm³/mol. The quantitative estimate of drug-likeness (QED) is 0.109. The summed E-state index contributed by atoms with van der Waals surface area (Å²) in [4.78, 5) is 59.1. The average molecular weight is 591 g/mol. The lowest BCUT2D eigenvalue weighted by Gasteiger charge is -2.18. The van der Waals surface area contributed by atoms with Crippen LogP contribution in [0.2, 0.25) is 5.02 Å². The summed E-state index contributed by atoms with van der Waals surface area (Å²) in [6.45, 7) is 3.46. The van der Waals surface area contributed by atoms with Crippen molar-refractivity contribution in [3.05, 3.63) is 107 Å². The molecule has 0 unspecified atom stereocenters. The highest BCUT2D eigenvalue weighted by Gasteiger charge is 2.59. The molecule has 4 aromatic rings. The Labute approximate surface area is 253 Å². The Morgan fingerprint density at radius 2 is 1.56 bits per heavy atom. The number of benzene rings is 3. The Balaban J connectivity index is 1.18. The number of aromatic nitrogens is 1. The van der Waals surface area contributed by atoms with Gasteiger partial charge in [-0.2, -0.15) is 0 Å². The topological polar surface area (TPSA) is 93.6 Å². The van der Waals surface area contributed by atoms with E-state index >= 15 is 0 Å². The van der Waals surface area contributed by atoms with Gasteiger partial charge < -0.3 is 4.74 Å². The molecule has 3 aromatic carbocycles. The van der Waals surface area contributed by atoms with Crippen LogP contribution < -0.4 is 4.90 Å². The van der Waals surface area contributed by atoms with E-state index in [2.05, 4.69) is 12.2 Å². The zero-order valence-electron chi connectivity index (χ0n) is 23.5. The summed E-state index contributed by atoms with van der Waals surface area (Å²) in [5.41, 5.74) is 3.96. The van der Waals surface area contributed by atoms with Gasteiger partial charge in [0.05, 0.1) is 34.3 Å². The van der Waals surface area contributed by atoms with Crippen LogP contribution >= 0.6 is 11.6 Å². The van der Waals surface area contributed by atoms with Crippen LogP contribution in [0.4, 0.5) is 5.69 Å². The summed E-state index contributed by atoms with van der Waals surface area (Å²) in [6.07, 6.45) is 4.01. The molecule has 214 valence electrons. The molecule has 2 amide bonds. The molecule has 0 spiro atoms. The first-order valence-electron chi connectivity index (χ1n) is 14.3. The highest BCUT2D eigenvalue weighted by atomic mass is 35.5. The van der Waals surface area contributed by atoms with Crippen molar-refractivity contribution in [2.75, 3.05) is 4.90 Å². The summed E-state index contributed by atoms with van der Waals surface area (Å²) < 4.78 is 5.65. The minimum Gasteiger partial charge on any atom is -0.451 e. The third-order valence-electron chi connectivity index (χ3n) is 8.86. The number of fused-ring (bicyclic) bond motifs is 6. The van der Waals surface area contributed by atoms with Gasteiger partial charge in [-0.25, -0.2) is 9.78 Å². The summed E-state index contributed by atoms with van der Waals surface area (Å²) in [5.74, 6) is -1.50. The van der Waals surface area contributed by atoms with Gasteiger partial charge in [-0.15, -0.1) is 0 Å². The van der Waals surface area contributed by atoms with Crippen molar-refractivity contribution in [3.63, 3.8) is 0 Å². The van der Waals surface area contributed by atoms with Crippen molar-refractivity contribution < 1.29 is 23.9 Å². The molecule has 2 bridgehead atoms. The summed E-state index contributed by atoms with van der Waals surface area (Å²) in [5, 5.41) is 1.12. The Morgan fingerprint density at radius 3 is 2.21 bits per heavy atom. The standard InChI is InChI=1S/C35H27ClN2O5/c1-18-3-14-28-26(15-18)27(35(42)43-19(2)32(39)21-6-10-24(36)11-7-21)17-29(37-28)20-8-12-25(13-9-20)38-33(40)30-22-4-5-23(16-22)31(30)34(38)41/h3-15,17,19,22-23,30-31H,16H2,1-2H3/t19-,22-,23-,30-,31-/m0/s1. The van der Waals surface area contributed by atoms with E-state index in [-0.39, 0.29) is 46.8 Å². The van der Waals surface area contributed by atoms with Crippen molar-refractivity contribution in [1.29, 1.82) is 0 Å². The number of Topliss-reactive ketones (excluding diaryl/α,β-unsaturated/α-hetero) is 1. The van der Waals surface area contributed by atoms with E-state index in [1.165, 1.54) is 4.90 Å². The van der Waals surface area contributed by atoms with Crippen molar-refractivity contribution in [3.8, 4) is 11.3 Å².